The van der Waals surface area contributed by atoms with Crippen LogP contribution in [-0.2, 0) is 31.6 Å². The fraction of sp³-hybridized carbons (Fsp3) is 0.462. The Morgan fingerprint density at radius 3 is 2.56 bits per heavy atom. The number of halogens is 2. The summed E-state index contributed by atoms with van der Waals surface area (Å²) in [6.45, 7) is -2.53. The van der Waals surface area contributed by atoms with Gasteiger partial charge in [0.05, 0.1) is 12.9 Å². The molecule has 1 aliphatic rings. The number of nitrogens with zero attached hydrogens (tertiary/aromatic N) is 3. The van der Waals surface area contributed by atoms with Crippen LogP contribution in [0.2, 0.25) is 0 Å². The summed E-state index contributed by atoms with van der Waals surface area (Å²) >= 11 is 5.02. The molecule has 0 radical (unpaired) electrons. The van der Waals surface area contributed by atoms with E-state index in [1.807, 2.05) is 5.92 Å². The van der Waals surface area contributed by atoms with E-state index >= 15 is 4.39 Å². The lowest BCUT2D eigenvalue weighted by Gasteiger charge is -2.24. The Hall–Kier alpha value is -1.68. The highest BCUT2D eigenvalue weighted by Crippen LogP contribution is 2.66. The number of alkyl halides is 2. The molecule has 23 heteroatoms. The summed E-state index contributed by atoms with van der Waals surface area (Å²) in [5.74, 6) is 3.48. The zero-order chi connectivity index (χ0) is 27.1. The number of hydrogen-bond acceptors (Lipinski definition) is 12. The van der Waals surface area contributed by atoms with E-state index in [1.165, 1.54) is 0 Å². The molecule has 3 rings (SSSR count). The van der Waals surface area contributed by atoms with Gasteiger partial charge in [-0.15, -0.1) is 0 Å². The number of aliphatic hydroxyl groups is 1. The van der Waals surface area contributed by atoms with Gasteiger partial charge in [0.1, 0.15) is 30.0 Å². The van der Waals surface area contributed by atoms with Crippen molar-refractivity contribution < 1.29 is 65.0 Å². The molecule has 1 aliphatic heterocycles. The molecule has 1 fully saturated rings. The van der Waals surface area contributed by atoms with E-state index in [0.717, 1.165) is 10.9 Å². The van der Waals surface area contributed by atoms with Crippen LogP contribution in [0.1, 0.15) is 6.23 Å². The van der Waals surface area contributed by atoms with E-state index < -0.39 is 60.9 Å². The van der Waals surface area contributed by atoms with Gasteiger partial charge >= 0.3 is 23.5 Å². The van der Waals surface area contributed by atoms with E-state index in [0.29, 0.717) is 0 Å². The molecule has 17 nitrogen and oxygen atoms in total. The Balaban J connectivity index is 1.89. The first-order valence-corrected chi connectivity index (χ1v) is 14.0. The Bertz CT molecular complexity index is 1420. The summed E-state index contributed by atoms with van der Waals surface area (Å²) in [4.78, 5) is 46.2. The second-order valence-electron chi connectivity index (χ2n) is 6.84. The summed E-state index contributed by atoms with van der Waals surface area (Å²) in [5, 5.41) is 10.5. The van der Waals surface area contributed by atoms with Crippen molar-refractivity contribution in [1.29, 1.82) is 0 Å². The summed E-state index contributed by atoms with van der Waals surface area (Å²) < 4.78 is 80.5. The quantitative estimate of drug-likeness (QED) is 0.123. The van der Waals surface area contributed by atoms with Crippen LogP contribution in [0.25, 0.3) is 11.2 Å². The molecule has 1 saturated heterocycles. The molecule has 36 heavy (non-hydrogen) atoms. The van der Waals surface area contributed by atoms with Crippen LogP contribution in [0, 0.1) is 16.5 Å². The normalized spacial score (nSPS) is 27.8. The maximum atomic E-state index is 15.9. The second kappa shape index (κ2) is 10.2. The second-order valence-corrected chi connectivity index (χ2v) is 11.6. The van der Waals surface area contributed by atoms with Gasteiger partial charge in [0.2, 0.25) is 5.67 Å². The minimum atomic E-state index is -5.83. The average molecular weight is 597 g/mol. The molecule has 200 valence electrons. The van der Waals surface area contributed by atoms with E-state index in [2.05, 4.69) is 28.1 Å². The molecule has 0 aromatic carbocycles. The van der Waals surface area contributed by atoms with Crippen molar-refractivity contribution in [3.8, 4) is 11.8 Å². The molecule has 2 aromatic rings. The van der Waals surface area contributed by atoms with Crippen LogP contribution < -0.4 is 5.73 Å². The fourth-order valence-corrected chi connectivity index (χ4v) is 6.34. The van der Waals surface area contributed by atoms with Crippen molar-refractivity contribution in [3.05, 3.63) is 11.0 Å². The number of imidazole rings is 1. The van der Waals surface area contributed by atoms with Crippen LogP contribution in [0.3, 0.4) is 0 Å². The molecule has 3 unspecified atom stereocenters. The third-order valence-corrected chi connectivity index (χ3v) is 8.42. The van der Waals surface area contributed by atoms with Crippen molar-refractivity contribution in [2.24, 2.45) is 0 Å². The number of fused-ring (bicyclic) bond motifs is 1. The smallest absolute Gasteiger partial charge is 0.386 e. The average Bonchev–Trinajstić information content (AvgIpc) is 3.22. The van der Waals surface area contributed by atoms with Gasteiger partial charge in [-0.25, -0.2) is 32.4 Å². The van der Waals surface area contributed by atoms with Crippen molar-refractivity contribution >= 4 is 52.8 Å². The molecule has 0 aliphatic carbocycles. The zero-order valence-corrected chi connectivity index (χ0v) is 20.7. The summed E-state index contributed by atoms with van der Waals surface area (Å²) in [7, 11) is -17.1. The number of hydrogen-bond donors (Lipinski definition) is 7. The number of nitrogen functional groups attached to an aromatic ring is 1. The molecule has 0 spiro atoms. The van der Waals surface area contributed by atoms with Gasteiger partial charge in [-0.1, -0.05) is 24.1 Å². The minimum Gasteiger partial charge on any atom is -0.386 e. The number of ether oxygens (including phenoxy) is 1. The van der Waals surface area contributed by atoms with Gasteiger partial charge in [-0.2, -0.15) is 8.62 Å². The summed E-state index contributed by atoms with van der Waals surface area (Å²) in [5.41, 5.74) is 2.52. The molecule has 0 bridgehead atoms. The third kappa shape index (κ3) is 6.41. The van der Waals surface area contributed by atoms with E-state index in [1.54, 1.807) is 5.92 Å². The number of phosphoric ester groups is 1. The number of H-pyrrole nitrogens is 1. The monoisotopic (exact) mass is 597 g/mol. The lowest BCUT2D eigenvalue weighted by atomic mass is 9.96. The molecule has 2 aromatic heterocycles. The van der Waals surface area contributed by atoms with Crippen LogP contribution in [0.15, 0.2) is 6.33 Å². The highest BCUT2D eigenvalue weighted by atomic mass is 32.1. The molecule has 3 heterocycles. The highest BCUT2D eigenvalue weighted by Gasteiger charge is 2.58. The predicted molar refractivity (Wildman–Crippen MR) is 114 cm³/mol. The van der Waals surface area contributed by atoms with Crippen LogP contribution >= 0.6 is 35.7 Å². The number of nitrogens with two attached hydrogens (primary N) is 1. The first-order valence-electron chi connectivity index (χ1n) is 9.07. The number of aliphatic hydroxyl groups excluding tert-OH is 1. The fourth-order valence-electron chi connectivity index (χ4n) is 3.06. The molecule has 0 saturated carbocycles. The van der Waals surface area contributed by atoms with Crippen molar-refractivity contribution in [3.63, 3.8) is 0 Å². The Kier molecular flexibility index (Phi) is 8.21. The first kappa shape index (κ1) is 28.9. The lowest BCUT2D eigenvalue weighted by Crippen LogP contribution is -2.42. The van der Waals surface area contributed by atoms with Gasteiger partial charge < -0.3 is 40.1 Å². The van der Waals surface area contributed by atoms with Crippen LogP contribution in [0.4, 0.5) is 14.7 Å². The molecular formula is C13H16F2N5O12P3S. The van der Waals surface area contributed by atoms with Gasteiger partial charge in [0.25, 0.3) is 0 Å². The zero-order valence-electron chi connectivity index (χ0n) is 17.2. The van der Waals surface area contributed by atoms with Crippen LogP contribution in [0.5, 0.6) is 0 Å². The Morgan fingerprint density at radius 2 is 1.94 bits per heavy atom. The van der Waals surface area contributed by atoms with Crippen LogP contribution in [-0.4, -0.2) is 75.4 Å². The van der Waals surface area contributed by atoms with E-state index in [-0.39, 0.29) is 21.8 Å². The van der Waals surface area contributed by atoms with Gasteiger partial charge in [0, 0.05) is 0 Å². The maximum Gasteiger partial charge on any atom is 0.490 e. The number of phosphoric acid groups is 3. The third-order valence-electron chi connectivity index (χ3n) is 4.33. The lowest BCUT2D eigenvalue weighted by molar-refractivity contribution is -0.0496. The number of rotatable bonds is 8. The van der Waals surface area contributed by atoms with Crippen molar-refractivity contribution in [1.82, 2.24) is 19.5 Å². The molecule has 8 N–H and O–H groups in total. The SMILES string of the molecule is Nc1nc(=S)c2ncn([C@@H]3O[C@H](COP(=O)(O)OP(=O)(O)OP(=O)(O)O)[C@H](O)C3(F)C#CCF)c2[nH]1. The van der Waals surface area contributed by atoms with Gasteiger partial charge in [-0.3, -0.25) is 9.09 Å². The standard InChI is InChI=1S/C13H16F2N5O12P3S/c14-3-1-2-13(15)8(21)6(4-29-34(25,26)32-35(27,28)31-33(22,23)24)30-11(13)20-5-17-7-9(20)18-12(16)19-10(7)36/h5-6,8,11,21H,3-4H2,(H,25,26)(H,27,28)(H2,22,23,24)(H3,16,18,19,36)/t6-,8+,11-,13?/m1/s1. The largest absolute Gasteiger partial charge is 0.490 e. The van der Waals surface area contributed by atoms with Gasteiger partial charge in [-0.05, 0) is 0 Å². The highest BCUT2D eigenvalue weighted by molar-refractivity contribution is 7.71. The first-order chi connectivity index (χ1) is 16.5. The van der Waals surface area contributed by atoms with E-state index in [9.17, 15) is 33.0 Å². The molecular weight excluding hydrogens is 581 g/mol. The number of aromatic nitrogens is 4. The van der Waals surface area contributed by atoms with Crippen molar-refractivity contribution in [2.45, 2.75) is 24.1 Å². The molecule has 6 atom stereocenters. The number of nitrogens with one attached hydrogen (secondary N) is 1. The van der Waals surface area contributed by atoms with Gasteiger partial charge in [0.15, 0.2) is 16.8 Å². The topological polar surface area (TPSA) is 262 Å². The Morgan fingerprint density at radius 1 is 1.28 bits per heavy atom. The number of aromatic amines is 1. The Labute approximate surface area is 203 Å². The van der Waals surface area contributed by atoms with Crippen molar-refractivity contribution in [2.75, 3.05) is 19.0 Å². The minimum absolute atomic E-state index is 0.0369. The maximum absolute atomic E-state index is 15.9. The molecule has 0 amide bonds. The summed E-state index contributed by atoms with van der Waals surface area (Å²) in [6, 6.07) is 0. The van der Waals surface area contributed by atoms with E-state index in [4.69, 9.17) is 32.5 Å². The predicted octanol–water partition coefficient (Wildman–Crippen LogP) is 0.354. The summed E-state index contributed by atoms with van der Waals surface area (Å²) in [6.07, 6.45) is -5.03. The number of anilines is 1.